The quantitative estimate of drug-likeness (QED) is 0.396. The fourth-order valence-electron chi connectivity index (χ4n) is 3.73. The minimum atomic E-state index is -3.89. The maximum atomic E-state index is 13.0. The fourth-order valence-corrected chi connectivity index (χ4v) is 5.11. The van der Waals surface area contributed by atoms with Crippen molar-refractivity contribution in [3.8, 4) is 0 Å². The number of aromatic nitrogens is 2. The van der Waals surface area contributed by atoms with Gasteiger partial charge in [0.1, 0.15) is 10.6 Å². The number of carbonyl (C=O) groups is 1. The van der Waals surface area contributed by atoms with Gasteiger partial charge in [-0.25, -0.2) is 13.1 Å². The van der Waals surface area contributed by atoms with Crippen molar-refractivity contribution < 1.29 is 13.2 Å². The van der Waals surface area contributed by atoms with Gasteiger partial charge in [-0.15, -0.1) is 0 Å². The van der Waals surface area contributed by atoms with Crippen molar-refractivity contribution in [3.05, 3.63) is 88.8 Å². The van der Waals surface area contributed by atoms with Gasteiger partial charge in [-0.05, 0) is 29.3 Å². The van der Waals surface area contributed by atoms with Gasteiger partial charge in [-0.2, -0.15) is 0 Å². The van der Waals surface area contributed by atoms with E-state index in [0.717, 1.165) is 22.0 Å². The number of aromatic amines is 1. The summed E-state index contributed by atoms with van der Waals surface area (Å²) in [6.45, 7) is 0.0781. The summed E-state index contributed by atoms with van der Waals surface area (Å²) in [6.07, 6.45) is 3.24. The molecule has 0 saturated heterocycles. The van der Waals surface area contributed by atoms with Gasteiger partial charge in [0, 0.05) is 47.8 Å². The van der Waals surface area contributed by atoms with Gasteiger partial charge in [0.25, 0.3) is 5.91 Å². The number of sulfonamides is 1. The number of para-hydroxylation sites is 1. The zero-order valence-electron chi connectivity index (χ0n) is 16.7. The second-order valence-electron chi connectivity index (χ2n) is 7.25. The summed E-state index contributed by atoms with van der Waals surface area (Å²) in [7, 11) is -2.32. The maximum Gasteiger partial charge on any atom is 0.265 e. The first-order chi connectivity index (χ1) is 14.8. The first-order valence-electron chi connectivity index (χ1n) is 9.54. The van der Waals surface area contributed by atoms with Crippen molar-refractivity contribution in [1.29, 1.82) is 0 Å². The molecule has 9 heteroatoms. The minimum absolute atomic E-state index is 0.0272. The molecule has 2 aromatic carbocycles. The molecule has 0 aliphatic heterocycles. The molecule has 4 rings (SSSR count). The Bertz CT molecular complexity index is 1370. The molecule has 7 nitrogen and oxygen atoms in total. The predicted octanol–water partition coefficient (Wildman–Crippen LogP) is 3.37. The van der Waals surface area contributed by atoms with Crippen LogP contribution >= 0.6 is 11.6 Å². The van der Waals surface area contributed by atoms with E-state index in [0.29, 0.717) is 5.02 Å². The lowest BCUT2D eigenvalue weighted by molar-refractivity contribution is 0.0992. The number of H-pyrrole nitrogens is 1. The number of fused-ring (bicyclic) bond motifs is 1. The molecule has 1 amide bonds. The summed E-state index contributed by atoms with van der Waals surface area (Å²) in [5, 5.41) is 1.54. The number of aryl methyl sites for hydroxylation is 1. The van der Waals surface area contributed by atoms with Crippen LogP contribution in [0.5, 0.6) is 0 Å². The van der Waals surface area contributed by atoms with E-state index in [4.69, 9.17) is 17.3 Å². The third-order valence-electron chi connectivity index (χ3n) is 5.30. The molecule has 0 aliphatic carbocycles. The van der Waals surface area contributed by atoms with Crippen LogP contribution in [0.1, 0.15) is 27.5 Å². The zero-order chi connectivity index (χ0) is 22.2. The standard InChI is InChI=1S/C22H21ClN4O3S/c1-27-13-14(10-21(27)22(24)28)31(29,30)26-12-18(15-6-2-4-8-19(15)23)17-11-25-20-9-5-3-7-16(17)20/h2-11,13,18,25-26H,12H2,1H3,(H2,24,28). The Balaban J connectivity index is 1.71. The second-order valence-corrected chi connectivity index (χ2v) is 9.43. The monoisotopic (exact) mass is 456 g/mol. The third kappa shape index (κ3) is 4.10. The maximum absolute atomic E-state index is 13.0. The Morgan fingerprint density at radius 3 is 2.58 bits per heavy atom. The van der Waals surface area contributed by atoms with Crippen LogP contribution in [0.25, 0.3) is 10.9 Å². The molecule has 0 bridgehead atoms. The molecule has 2 heterocycles. The van der Waals surface area contributed by atoms with Gasteiger partial charge in [0.2, 0.25) is 10.0 Å². The number of hydrogen-bond acceptors (Lipinski definition) is 3. The Labute approximate surface area is 184 Å². The molecule has 0 saturated carbocycles. The number of benzene rings is 2. The highest BCUT2D eigenvalue weighted by Gasteiger charge is 2.25. The highest BCUT2D eigenvalue weighted by Crippen LogP contribution is 2.34. The molecule has 0 fully saturated rings. The smallest absolute Gasteiger partial charge is 0.265 e. The first-order valence-corrected chi connectivity index (χ1v) is 11.4. The lowest BCUT2D eigenvalue weighted by Gasteiger charge is -2.19. The van der Waals surface area contributed by atoms with E-state index < -0.39 is 15.9 Å². The predicted molar refractivity (Wildman–Crippen MR) is 121 cm³/mol. The van der Waals surface area contributed by atoms with Crippen molar-refractivity contribution >= 4 is 38.4 Å². The SMILES string of the molecule is Cn1cc(S(=O)(=O)NCC(c2ccccc2Cl)c2c[nH]c3ccccc23)cc1C(N)=O. The number of primary amides is 1. The number of nitrogens with two attached hydrogens (primary N) is 1. The Morgan fingerprint density at radius 1 is 1.16 bits per heavy atom. The first kappa shape index (κ1) is 21.2. The molecule has 0 aliphatic rings. The molecule has 160 valence electrons. The minimum Gasteiger partial charge on any atom is -0.364 e. The average Bonchev–Trinajstić information content (AvgIpc) is 3.34. The van der Waals surface area contributed by atoms with E-state index in [2.05, 4.69) is 9.71 Å². The molecule has 2 aromatic heterocycles. The molecule has 4 aromatic rings. The van der Waals surface area contributed by atoms with Crippen LogP contribution in [-0.2, 0) is 17.1 Å². The van der Waals surface area contributed by atoms with E-state index in [1.807, 2.05) is 48.7 Å². The van der Waals surface area contributed by atoms with Crippen molar-refractivity contribution in [1.82, 2.24) is 14.3 Å². The van der Waals surface area contributed by atoms with E-state index in [1.54, 1.807) is 13.1 Å². The van der Waals surface area contributed by atoms with Crippen LogP contribution in [0, 0.1) is 0 Å². The topological polar surface area (TPSA) is 110 Å². The summed E-state index contributed by atoms with van der Waals surface area (Å²) in [4.78, 5) is 14.7. The van der Waals surface area contributed by atoms with Crippen molar-refractivity contribution in [2.24, 2.45) is 12.8 Å². The molecule has 1 unspecified atom stereocenters. The summed E-state index contributed by atoms with van der Waals surface area (Å²) in [5.74, 6) is -1.03. The summed E-state index contributed by atoms with van der Waals surface area (Å²) in [6, 6.07) is 16.4. The molecule has 1 atom stereocenters. The number of amides is 1. The molecule has 0 radical (unpaired) electrons. The number of halogens is 1. The highest BCUT2D eigenvalue weighted by molar-refractivity contribution is 7.89. The Kier molecular flexibility index (Phi) is 5.62. The van der Waals surface area contributed by atoms with Gasteiger partial charge >= 0.3 is 0 Å². The van der Waals surface area contributed by atoms with Gasteiger partial charge in [-0.3, -0.25) is 4.79 Å². The van der Waals surface area contributed by atoms with Gasteiger partial charge in [-0.1, -0.05) is 48.0 Å². The molecular formula is C22H21ClN4O3S. The van der Waals surface area contributed by atoms with Gasteiger partial charge < -0.3 is 15.3 Å². The molecule has 0 spiro atoms. The summed E-state index contributed by atoms with van der Waals surface area (Å²) >= 11 is 6.47. The highest BCUT2D eigenvalue weighted by atomic mass is 35.5. The van der Waals surface area contributed by atoms with Crippen LogP contribution in [0.2, 0.25) is 5.02 Å². The van der Waals surface area contributed by atoms with E-state index in [-0.39, 0.29) is 23.1 Å². The third-order valence-corrected chi connectivity index (χ3v) is 7.03. The number of nitrogens with zero attached hydrogens (tertiary/aromatic N) is 1. The number of nitrogens with one attached hydrogen (secondary N) is 2. The normalized spacial score (nSPS) is 12.8. The summed E-state index contributed by atoms with van der Waals surface area (Å²) in [5.41, 5.74) is 8.11. The zero-order valence-corrected chi connectivity index (χ0v) is 18.2. The second kappa shape index (κ2) is 8.22. The number of carbonyl (C=O) groups excluding carboxylic acids is 1. The van der Waals surface area contributed by atoms with E-state index in [9.17, 15) is 13.2 Å². The number of rotatable bonds is 7. The van der Waals surface area contributed by atoms with Crippen LogP contribution in [0.15, 0.2) is 71.9 Å². The van der Waals surface area contributed by atoms with E-state index in [1.165, 1.54) is 16.8 Å². The average molecular weight is 457 g/mol. The molecular weight excluding hydrogens is 436 g/mol. The Hall–Kier alpha value is -3.07. The Morgan fingerprint density at radius 2 is 1.87 bits per heavy atom. The van der Waals surface area contributed by atoms with Gasteiger partial charge in [0.15, 0.2) is 0 Å². The van der Waals surface area contributed by atoms with Crippen LogP contribution in [0.3, 0.4) is 0 Å². The van der Waals surface area contributed by atoms with Crippen LogP contribution in [0.4, 0.5) is 0 Å². The van der Waals surface area contributed by atoms with Crippen molar-refractivity contribution in [2.75, 3.05) is 6.54 Å². The molecule has 31 heavy (non-hydrogen) atoms. The van der Waals surface area contributed by atoms with Crippen molar-refractivity contribution in [3.63, 3.8) is 0 Å². The largest absolute Gasteiger partial charge is 0.364 e. The lowest BCUT2D eigenvalue weighted by Crippen LogP contribution is -2.29. The van der Waals surface area contributed by atoms with Crippen LogP contribution in [-0.4, -0.2) is 30.4 Å². The van der Waals surface area contributed by atoms with E-state index >= 15 is 0 Å². The van der Waals surface area contributed by atoms with Crippen molar-refractivity contribution in [2.45, 2.75) is 10.8 Å². The number of hydrogen-bond donors (Lipinski definition) is 3. The molecule has 4 N–H and O–H groups in total. The fraction of sp³-hybridized carbons (Fsp3) is 0.136. The van der Waals surface area contributed by atoms with Gasteiger partial charge in [0.05, 0.1) is 0 Å². The lowest BCUT2D eigenvalue weighted by atomic mass is 9.91. The summed E-state index contributed by atoms with van der Waals surface area (Å²) < 4.78 is 30.0. The van der Waals surface area contributed by atoms with Crippen LogP contribution < -0.4 is 10.5 Å².